The van der Waals surface area contributed by atoms with Crippen LogP contribution < -0.4 is 15.4 Å². The summed E-state index contributed by atoms with van der Waals surface area (Å²) in [6.07, 6.45) is 0. The van der Waals surface area contributed by atoms with Crippen molar-refractivity contribution in [1.82, 2.24) is 0 Å². The molecule has 0 atom stereocenters. The molecule has 0 radical (unpaired) electrons. The number of para-hydroxylation sites is 2. The Morgan fingerprint density at radius 2 is 1.64 bits per heavy atom. The lowest BCUT2D eigenvalue weighted by Crippen LogP contribution is -2.22. The molecule has 0 aliphatic rings. The van der Waals surface area contributed by atoms with E-state index in [1.165, 1.54) is 12.1 Å². The number of halogens is 1. The standard InChI is InChI=1S/C22H19FN2O3/c1-15-11-12-19(18(23)13-15)25-21(26)14-28-20-10-6-5-9-17(20)22(27)24-16-7-3-2-4-8-16/h2-13H,14H2,1H3,(H,24,27)(H,25,26). The first-order valence-electron chi connectivity index (χ1n) is 8.67. The maximum Gasteiger partial charge on any atom is 0.262 e. The van der Waals surface area contributed by atoms with Crippen LogP contribution in [0.2, 0.25) is 0 Å². The monoisotopic (exact) mass is 378 g/mol. The van der Waals surface area contributed by atoms with Crippen molar-refractivity contribution in [3.05, 3.63) is 89.7 Å². The zero-order chi connectivity index (χ0) is 19.9. The molecular weight excluding hydrogens is 359 g/mol. The topological polar surface area (TPSA) is 67.4 Å². The molecule has 3 rings (SSSR count). The quantitative estimate of drug-likeness (QED) is 0.668. The molecule has 0 heterocycles. The van der Waals surface area contributed by atoms with E-state index in [-0.39, 0.29) is 24.0 Å². The van der Waals surface area contributed by atoms with Gasteiger partial charge >= 0.3 is 0 Å². The number of carbonyl (C=O) groups excluding carboxylic acids is 2. The first kappa shape index (κ1) is 19.1. The van der Waals surface area contributed by atoms with Gasteiger partial charge in [-0.3, -0.25) is 9.59 Å². The molecule has 0 fully saturated rings. The van der Waals surface area contributed by atoms with E-state index in [1.54, 1.807) is 49.4 Å². The maximum atomic E-state index is 13.8. The van der Waals surface area contributed by atoms with E-state index < -0.39 is 11.7 Å². The number of hydrogen-bond acceptors (Lipinski definition) is 3. The minimum absolute atomic E-state index is 0.0781. The molecule has 0 aliphatic heterocycles. The van der Waals surface area contributed by atoms with Crippen molar-refractivity contribution >= 4 is 23.2 Å². The van der Waals surface area contributed by atoms with Gasteiger partial charge in [0.2, 0.25) is 0 Å². The summed E-state index contributed by atoms with van der Waals surface area (Å²) in [7, 11) is 0. The summed E-state index contributed by atoms with van der Waals surface area (Å²) in [5, 5.41) is 5.23. The van der Waals surface area contributed by atoms with E-state index in [0.717, 1.165) is 5.56 Å². The molecule has 0 spiro atoms. The van der Waals surface area contributed by atoms with Gasteiger partial charge in [-0.2, -0.15) is 0 Å². The van der Waals surface area contributed by atoms with Crippen molar-refractivity contribution in [2.75, 3.05) is 17.2 Å². The molecule has 28 heavy (non-hydrogen) atoms. The SMILES string of the molecule is Cc1ccc(NC(=O)COc2ccccc2C(=O)Nc2ccccc2)c(F)c1. The molecule has 3 aromatic carbocycles. The normalized spacial score (nSPS) is 10.2. The van der Waals surface area contributed by atoms with Crippen molar-refractivity contribution in [1.29, 1.82) is 0 Å². The molecule has 6 heteroatoms. The Morgan fingerprint density at radius 3 is 2.39 bits per heavy atom. The summed E-state index contributed by atoms with van der Waals surface area (Å²) in [5.41, 5.74) is 1.77. The minimum Gasteiger partial charge on any atom is -0.483 e. The lowest BCUT2D eigenvalue weighted by molar-refractivity contribution is -0.118. The molecule has 2 N–H and O–H groups in total. The molecule has 3 aromatic rings. The van der Waals surface area contributed by atoms with Crippen molar-refractivity contribution in [2.24, 2.45) is 0 Å². The number of anilines is 2. The third-order valence-electron chi connectivity index (χ3n) is 3.92. The highest BCUT2D eigenvalue weighted by molar-refractivity contribution is 6.06. The number of nitrogens with one attached hydrogen (secondary N) is 2. The molecule has 0 saturated carbocycles. The molecule has 0 aliphatic carbocycles. The second-order valence-electron chi connectivity index (χ2n) is 6.14. The van der Waals surface area contributed by atoms with Gasteiger partial charge < -0.3 is 15.4 Å². The predicted molar refractivity (Wildman–Crippen MR) is 106 cm³/mol. The van der Waals surface area contributed by atoms with Crippen LogP contribution in [0.15, 0.2) is 72.8 Å². The summed E-state index contributed by atoms with van der Waals surface area (Å²) in [5.74, 6) is -1.14. The largest absolute Gasteiger partial charge is 0.483 e. The molecule has 5 nitrogen and oxygen atoms in total. The van der Waals surface area contributed by atoms with Crippen molar-refractivity contribution in [3.8, 4) is 5.75 Å². The number of benzene rings is 3. The van der Waals surface area contributed by atoms with Crippen LogP contribution in [0.1, 0.15) is 15.9 Å². The van der Waals surface area contributed by atoms with Gasteiger partial charge in [0.05, 0.1) is 11.3 Å². The average Bonchev–Trinajstić information content (AvgIpc) is 2.69. The van der Waals surface area contributed by atoms with Crippen LogP contribution in [-0.2, 0) is 4.79 Å². The van der Waals surface area contributed by atoms with E-state index in [9.17, 15) is 14.0 Å². The van der Waals surface area contributed by atoms with E-state index in [1.807, 2.05) is 18.2 Å². The van der Waals surface area contributed by atoms with Crippen molar-refractivity contribution in [2.45, 2.75) is 6.92 Å². The number of ether oxygens (including phenoxy) is 1. The number of hydrogen-bond donors (Lipinski definition) is 2. The van der Waals surface area contributed by atoms with Gasteiger partial charge in [-0.15, -0.1) is 0 Å². The maximum absolute atomic E-state index is 13.8. The van der Waals surface area contributed by atoms with Gasteiger partial charge in [-0.05, 0) is 48.9 Å². The van der Waals surface area contributed by atoms with Gasteiger partial charge in [0.1, 0.15) is 11.6 Å². The van der Waals surface area contributed by atoms with Crippen LogP contribution in [0.5, 0.6) is 5.75 Å². The Kier molecular flexibility index (Phi) is 6.01. The molecule has 0 bridgehead atoms. The molecular formula is C22H19FN2O3. The second-order valence-corrected chi connectivity index (χ2v) is 6.14. The Labute approximate surface area is 162 Å². The molecule has 0 aromatic heterocycles. The zero-order valence-corrected chi connectivity index (χ0v) is 15.2. The van der Waals surface area contributed by atoms with Gasteiger partial charge in [0.15, 0.2) is 6.61 Å². The number of carbonyl (C=O) groups is 2. The zero-order valence-electron chi connectivity index (χ0n) is 15.2. The van der Waals surface area contributed by atoms with Gasteiger partial charge in [0.25, 0.3) is 11.8 Å². The van der Waals surface area contributed by atoms with Gasteiger partial charge in [-0.25, -0.2) is 4.39 Å². The first-order valence-corrected chi connectivity index (χ1v) is 8.67. The van der Waals surface area contributed by atoms with Crippen molar-refractivity contribution < 1.29 is 18.7 Å². The molecule has 0 saturated heterocycles. The minimum atomic E-state index is -0.527. The summed E-state index contributed by atoms with van der Waals surface area (Å²) in [6, 6.07) is 20.1. The summed E-state index contributed by atoms with van der Waals surface area (Å²) >= 11 is 0. The third-order valence-corrected chi connectivity index (χ3v) is 3.92. The van der Waals surface area contributed by atoms with Crippen LogP contribution >= 0.6 is 0 Å². The van der Waals surface area contributed by atoms with Crippen LogP contribution in [0, 0.1) is 12.7 Å². The fraction of sp³-hybridized carbons (Fsp3) is 0.0909. The highest BCUT2D eigenvalue weighted by Gasteiger charge is 2.14. The lowest BCUT2D eigenvalue weighted by Gasteiger charge is -2.12. The Morgan fingerprint density at radius 1 is 0.929 bits per heavy atom. The van der Waals surface area contributed by atoms with Crippen LogP contribution in [0.3, 0.4) is 0 Å². The Hall–Kier alpha value is -3.67. The van der Waals surface area contributed by atoms with E-state index in [4.69, 9.17) is 4.74 Å². The Bertz CT molecular complexity index is 990. The third kappa shape index (κ3) is 4.94. The van der Waals surface area contributed by atoms with E-state index >= 15 is 0 Å². The summed E-state index contributed by atoms with van der Waals surface area (Å²) in [4.78, 5) is 24.6. The van der Waals surface area contributed by atoms with Crippen LogP contribution in [-0.4, -0.2) is 18.4 Å². The van der Waals surface area contributed by atoms with E-state index in [2.05, 4.69) is 10.6 Å². The van der Waals surface area contributed by atoms with E-state index in [0.29, 0.717) is 11.3 Å². The second kappa shape index (κ2) is 8.81. The highest BCUT2D eigenvalue weighted by Crippen LogP contribution is 2.20. The van der Waals surface area contributed by atoms with Gasteiger partial charge in [-0.1, -0.05) is 36.4 Å². The first-order chi connectivity index (χ1) is 13.5. The fourth-order valence-electron chi connectivity index (χ4n) is 2.55. The van der Waals surface area contributed by atoms with Crippen molar-refractivity contribution in [3.63, 3.8) is 0 Å². The number of amides is 2. The molecule has 0 unspecified atom stereocenters. The number of aryl methyl sites for hydroxylation is 1. The van der Waals surface area contributed by atoms with Crippen LogP contribution in [0.25, 0.3) is 0 Å². The Balaban J connectivity index is 1.64. The average molecular weight is 378 g/mol. The summed E-state index contributed by atoms with van der Waals surface area (Å²) in [6.45, 7) is 1.40. The highest BCUT2D eigenvalue weighted by atomic mass is 19.1. The smallest absolute Gasteiger partial charge is 0.262 e. The summed E-state index contributed by atoms with van der Waals surface area (Å²) < 4.78 is 19.3. The fourth-order valence-corrected chi connectivity index (χ4v) is 2.55. The van der Waals surface area contributed by atoms with Crippen LogP contribution in [0.4, 0.5) is 15.8 Å². The lowest BCUT2D eigenvalue weighted by atomic mass is 10.2. The van der Waals surface area contributed by atoms with Gasteiger partial charge in [0, 0.05) is 5.69 Å². The number of rotatable bonds is 6. The molecule has 142 valence electrons. The molecule has 2 amide bonds. The predicted octanol–water partition coefficient (Wildman–Crippen LogP) is 4.40.